The SMILES string of the molecule is CC.CCOc1cc2c(c(F)c1OCC)C(=N)N(CC(=O)c1cc(N3CCC(O)CC3)c(OC)c(C(C)(C)C)c1)C2. The number of ketones is 1. The zero-order valence-corrected chi connectivity index (χ0v) is 25.8. The second kappa shape index (κ2) is 13.6. The maximum atomic E-state index is 15.5. The van der Waals surface area contributed by atoms with E-state index >= 15 is 4.39 Å². The molecule has 0 bridgehead atoms. The van der Waals surface area contributed by atoms with Gasteiger partial charge < -0.3 is 29.1 Å². The maximum absolute atomic E-state index is 15.5. The number of Topliss-reactive ketones (excluding diaryl/α,β-unsaturated/α-hetero) is 1. The van der Waals surface area contributed by atoms with E-state index in [9.17, 15) is 9.90 Å². The van der Waals surface area contributed by atoms with Gasteiger partial charge in [0.05, 0.1) is 44.2 Å². The van der Waals surface area contributed by atoms with Crippen LogP contribution in [-0.2, 0) is 12.0 Å². The monoisotopic (exact) mass is 571 g/mol. The molecule has 41 heavy (non-hydrogen) atoms. The van der Waals surface area contributed by atoms with Crippen LogP contribution in [-0.4, -0.2) is 67.7 Å². The minimum atomic E-state index is -0.633. The number of rotatable bonds is 9. The fraction of sp³-hybridized carbons (Fsp3) is 0.562. The first kappa shape index (κ1) is 32.2. The van der Waals surface area contributed by atoms with Gasteiger partial charge in [-0.15, -0.1) is 0 Å². The van der Waals surface area contributed by atoms with Crippen LogP contribution in [0.2, 0.25) is 0 Å². The third-order valence-electron chi connectivity index (χ3n) is 7.31. The maximum Gasteiger partial charge on any atom is 0.197 e. The number of carbonyl (C=O) groups is 1. The number of hydrogen-bond acceptors (Lipinski definition) is 7. The molecule has 2 aromatic rings. The number of anilines is 1. The highest BCUT2D eigenvalue weighted by molar-refractivity contribution is 6.06. The van der Waals surface area contributed by atoms with Crippen molar-refractivity contribution in [3.63, 3.8) is 0 Å². The van der Waals surface area contributed by atoms with Gasteiger partial charge in [0.2, 0.25) is 0 Å². The van der Waals surface area contributed by atoms with Crippen molar-refractivity contribution in [2.24, 2.45) is 0 Å². The molecule has 2 aliphatic heterocycles. The summed E-state index contributed by atoms with van der Waals surface area (Å²) in [5.41, 5.74) is 2.69. The average Bonchev–Trinajstić information content (AvgIpc) is 3.25. The fourth-order valence-electron chi connectivity index (χ4n) is 5.31. The van der Waals surface area contributed by atoms with E-state index in [1.165, 1.54) is 0 Å². The summed E-state index contributed by atoms with van der Waals surface area (Å²) in [6.07, 6.45) is 0.969. The van der Waals surface area contributed by atoms with Gasteiger partial charge in [0, 0.05) is 30.8 Å². The number of aliphatic hydroxyl groups is 1. The summed E-state index contributed by atoms with van der Waals surface area (Å²) in [5.74, 6) is 0.178. The molecule has 0 atom stereocenters. The third kappa shape index (κ3) is 6.77. The molecular formula is C32H46FN3O5. The van der Waals surface area contributed by atoms with Gasteiger partial charge in [-0.3, -0.25) is 10.2 Å². The molecule has 0 aliphatic carbocycles. The number of carbonyl (C=O) groups excluding carboxylic acids is 1. The molecule has 0 aromatic heterocycles. The van der Waals surface area contributed by atoms with E-state index < -0.39 is 5.82 Å². The number of nitrogens with one attached hydrogen (secondary N) is 1. The normalized spacial score (nSPS) is 15.3. The summed E-state index contributed by atoms with van der Waals surface area (Å²) < 4.78 is 32.5. The summed E-state index contributed by atoms with van der Waals surface area (Å²) in [5, 5.41) is 18.7. The lowest BCUT2D eigenvalue weighted by Gasteiger charge is -2.35. The largest absolute Gasteiger partial charge is 0.494 e. The molecule has 9 heteroatoms. The third-order valence-corrected chi connectivity index (χ3v) is 7.31. The second-order valence-electron chi connectivity index (χ2n) is 11.1. The highest BCUT2D eigenvalue weighted by Crippen LogP contribution is 2.42. The zero-order valence-electron chi connectivity index (χ0n) is 25.8. The number of methoxy groups -OCH3 is 1. The van der Waals surface area contributed by atoms with Gasteiger partial charge in [0.1, 0.15) is 11.6 Å². The Hall–Kier alpha value is -3.33. The van der Waals surface area contributed by atoms with Crippen molar-refractivity contribution < 1.29 is 28.5 Å². The average molecular weight is 572 g/mol. The molecule has 2 aliphatic rings. The van der Waals surface area contributed by atoms with Crippen LogP contribution < -0.4 is 19.1 Å². The van der Waals surface area contributed by atoms with Crippen LogP contribution in [0.25, 0.3) is 0 Å². The van der Waals surface area contributed by atoms with E-state index in [1.807, 2.05) is 32.9 Å². The zero-order chi connectivity index (χ0) is 30.5. The predicted octanol–water partition coefficient (Wildman–Crippen LogP) is 5.94. The molecule has 0 saturated carbocycles. The lowest BCUT2D eigenvalue weighted by atomic mass is 9.84. The first-order valence-electron chi connectivity index (χ1n) is 14.6. The van der Waals surface area contributed by atoms with Gasteiger partial charge in [0.15, 0.2) is 23.1 Å². The highest BCUT2D eigenvalue weighted by atomic mass is 19.1. The molecule has 2 aromatic carbocycles. The lowest BCUT2D eigenvalue weighted by molar-refractivity contribution is 0.0962. The van der Waals surface area contributed by atoms with Crippen molar-refractivity contribution in [3.8, 4) is 17.2 Å². The number of piperidine rings is 1. The number of aliphatic hydroxyl groups excluding tert-OH is 1. The van der Waals surface area contributed by atoms with E-state index in [-0.39, 0.29) is 54.1 Å². The number of fused-ring (bicyclic) bond motifs is 1. The summed E-state index contributed by atoms with van der Waals surface area (Å²) in [6.45, 7) is 15.9. The number of benzene rings is 2. The molecule has 226 valence electrons. The molecular weight excluding hydrogens is 525 g/mol. The van der Waals surface area contributed by atoms with Crippen molar-refractivity contribution in [2.45, 2.75) is 79.4 Å². The Morgan fingerprint density at radius 2 is 1.71 bits per heavy atom. The van der Waals surface area contributed by atoms with Gasteiger partial charge >= 0.3 is 0 Å². The minimum Gasteiger partial charge on any atom is -0.494 e. The first-order chi connectivity index (χ1) is 19.5. The molecule has 4 rings (SSSR count). The molecule has 1 fully saturated rings. The van der Waals surface area contributed by atoms with Crippen LogP contribution in [0.15, 0.2) is 18.2 Å². The van der Waals surface area contributed by atoms with E-state index in [4.69, 9.17) is 19.6 Å². The Balaban J connectivity index is 0.00000226. The highest BCUT2D eigenvalue weighted by Gasteiger charge is 2.34. The lowest BCUT2D eigenvalue weighted by Crippen LogP contribution is -2.36. The van der Waals surface area contributed by atoms with Gasteiger partial charge in [0.25, 0.3) is 0 Å². The Morgan fingerprint density at radius 3 is 2.27 bits per heavy atom. The van der Waals surface area contributed by atoms with E-state index in [1.54, 1.807) is 25.0 Å². The number of amidine groups is 1. The van der Waals surface area contributed by atoms with Crippen molar-refractivity contribution >= 4 is 17.3 Å². The molecule has 2 heterocycles. The van der Waals surface area contributed by atoms with Crippen molar-refractivity contribution in [3.05, 3.63) is 46.3 Å². The van der Waals surface area contributed by atoms with Crippen LogP contribution in [0.3, 0.4) is 0 Å². The Labute approximate surface area is 243 Å². The summed E-state index contributed by atoms with van der Waals surface area (Å²) in [7, 11) is 1.64. The van der Waals surface area contributed by atoms with Gasteiger partial charge in [-0.05, 0) is 55.9 Å². The van der Waals surface area contributed by atoms with Crippen molar-refractivity contribution in [1.29, 1.82) is 5.41 Å². The molecule has 0 amide bonds. The van der Waals surface area contributed by atoms with Crippen LogP contribution in [0.5, 0.6) is 17.2 Å². The summed E-state index contributed by atoms with van der Waals surface area (Å²) >= 11 is 0. The molecule has 0 radical (unpaired) electrons. The van der Waals surface area contributed by atoms with Crippen molar-refractivity contribution in [2.75, 3.05) is 44.9 Å². The summed E-state index contributed by atoms with van der Waals surface area (Å²) in [6, 6.07) is 5.43. The van der Waals surface area contributed by atoms with Crippen LogP contribution in [0.4, 0.5) is 10.1 Å². The number of nitrogens with zero attached hydrogens (tertiary/aromatic N) is 2. The van der Waals surface area contributed by atoms with Crippen LogP contribution >= 0.6 is 0 Å². The van der Waals surface area contributed by atoms with E-state index in [2.05, 4.69) is 25.7 Å². The smallest absolute Gasteiger partial charge is 0.197 e. The van der Waals surface area contributed by atoms with Crippen LogP contribution in [0.1, 0.15) is 88.4 Å². The quantitative estimate of drug-likeness (QED) is 0.360. The van der Waals surface area contributed by atoms with Gasteiger partial charge in [-0.2, -0.15) is 0 Å². The topological polar surface area (TPSA) is 95.3 Å². The minimum absolute atomic E-state index is 0.00251. The standard InChI is InChI=1S/C30H40FN3O5.C2H6/c1-7-38-24-15-19-16-34(29(32)25(19)26(31)28(24)39-8-2)17-23(36)18-13-21(30(3,4)5)27(37-6)22(14-18)33-11-9-20(35)10-12-33;1-2/h13-15,20,32,35H,7-12,16-17H2,1-6H3;1-2H3. The van der Waals surface area contributed by atoms with Crippen LogP contribution in [0, 0.1) is 11.2 Å². The molecule has 2 N–H and O–H groups in total. The van der Waals surface area contributed by atoms with Gasteiger partial charge in [-0.1, -0.05) is 34.6 Å². The molecule has 8 nitrogen and oxygen atoms in total. The Bertz CT molecular complexity index is 1250. The fourth-order valence-corrected chi connectivity index (χ4v) is 5.31. The number of halogens is 1. The number of hydrogen-bond donors (Lipinski definition) is 2. The second-order valence-corrected chi connectivity index (χ2v) is 11.1. The van der Waals surface area contributed by atoms with E-state index in [0.29, 0.717) is 49.4 Å². The molecule has 0 unspecified atom stereocenters. The Kier molecular flexibility index (Phi) is 10.6. The van der Waals surface area contributed by atoms with Crippen molar-refractivity contribution in [1.82, 2.24) is 4.90 Å². The predicted molar refractivity (Wildman–Crippen MR) is 161 cm³/mol. The van der Waals surface area contributed by atoms with E-state index in [0.717, 1.165) is 17.0 Å². The Morgan fingerprint density at radius 1 is 1.07 bits per heavy atom. The molecule has 0 spiro atoms. The number of ether oxygens (including phenoxy) is 3. The first-order valence-corrected chi connectivity index (χ1v) is 14.6. The van der Waals surface area contributed by atoms with Gasteiger partial charge in [-0.25, -0.2) is 4.39 Å². The molecule has 1 saturated heterocycles. The summed E-state index contributed by atoms with van der Waals surface area (Å²) in [4.78, 5) is 17.4.